The summed E-state index contributed by atoms with van der Waals surface area (Å²) >= 11 is 0. The largest absolute Gasteiger partial charge is 0.494 e. The highest BCUT2D eigenvalue weighted by Gasteiger charge is 2.34. The normalized spacial score (nSPS) is 16.2. The summed E-state index contributed by atoms with van der Waals surface area (Å²) in [4.78, 5) is 25.2. The highest BCUT2D eigenvalue weighted by Crippen LogP contribution is 2.33. The minimum atomic E-state index is -0.645. The van der Waals surface area contributed by atoms with Crippen LogP contribution in [0.15, 0.2) is 60.2 Å². The van der Waals surface area contributed by atoms with Crippen molar-refractivity contribution in [3.8, 4) is 5.75 Å². The van der Waals surface area contributed by atoms with Crippen LogP contribution in [-0.2, 0) is 9.53 Å². The molecule has 0 radical (unpaired) electrons. The first kappa shape index (κ1) is 19.5. The predicted octanol–water partition coefficient (Wildman–Crippen LogP) is 3.80. The second kappa shape index (κ2) is 9.08. The minimum Gasteiger partial charge on any atom is -0.494 e. The Hall–Kier alpha value is -3.28. The lowest BCUT2D eigenvalue weighted by atomic mass is 9.92. The van der Waals surface area contributed by atoms with Crippen molar-refractivity contribution in [2.24, 2.45) is 0 Å². The zero-order valence-corrected chi connectivity index (χ0v) is 16.0. The van der Waals surface area contributed by atoms with Gasteiger partial charge in [0.15, 0.2) is 0 Å². The Morgan fingerprint density at radius 2 is 1.86 bits per heavy atom. The summed E-state index contributed by atoms with van der Waals surface area (Å²) in [5.41, 5.74) is 2.30. The molecule has 6 heteroatoms. The average Bonchev–Trinajstić information content (AvgIpc) is 2.72. The lowest BCUT2D eigenvalue weighted by Gasteiger charge is -2.29. The van der Waals surface area contributed by atoms with Gasteiger partial charge in [0.25, 0.3) is 0 Å². The number of hydrogen-bond donors (Lipinski definition) is 2. The van der Waals surface area contributed by atoms with Crippen LogP contribution in [0, 0.1) is 0 Å². The maximum absolute atomic E-state index is 12.8. The van der Waals surface area contributed by atoms with E-state index in [9.17, 15) is 9.59 Å². The first-order valence-corrected chi connectivity index (χ1v) is 9.41. The molecule has 2 amide bonds. The molecule has 1 aliphatic rings. The molecule has 0 fully saturated rings. The molecule has 28 heavy (non-hydrogen) atoms. The van der Waals surface area contributed by atoms with Crippen LogP contribution in [0.5, 0.6) is 5.75 Å². The quantitative estimate of drug-likeness (QED) is 0.716. The van der Waals surface area contributed by atoms with Gasteiger partial charge in [-0.15, -0.1) is 0 Å². The highest BCUT2D eigenvalue weighted by molar-refractivity contribution is 6.04. The molecule has 6 nitrogen and oxygen atoms in total. The van der Waals surface area contributed by atoms with Gasteiger partial charge >= 0.3 is 12.0 Å². The lowest BCUT2D eigenvalue weighted by Crippen LogP contribution is -2.45. The Kier molecular flexibility index (Phi) is 6.32. The average molecular weight is 380 g/mol. The number of hydrogen-bond acceptors (Lipinski definition) is 4. The van der Waals surface area contributed by atoms with Crippen LogP contribution in [-0.4, -0.2) is 25.2 Å². The minimum absolute atomic E-state index is 0.241. The Labute approximate surface area is 164 Å². The number of carbonyl (C=O) groups is 2. The summed E-state index contributed by atoms with van der Waals surface area (Å²) in [6.07, 6.45) is 0.889. The van der Waals surface area contributed by atoms with Crippen molar-refractivity contribution >= 4 is 17.7 Å². The lowest BCUT2D eigenvalue weighted by molar-refractivity contribution is -0.138. The van der Waals surface area contributed by atoms with Gasteiger partial charge in [-0.1, -0.05) is 49.4 Å². The fourth-order valence-electron chi connectivity index (χ4n) is 3.08. The summed E-state index contributed by atoms with van der Waals surface area (Å²) < 4.78 is 11.0. The van der Waals surface area contributed by atoms with Crippen molar-refractivity contribution in [1.82, 2.24) is 10.6 Å². The van der Waals surface area contributed by atoms with Gasteiger partial charge in [0, 0.05) is 0 Å². The fourth-order valence-corrected chi connectivity index (χ4v) is 3.08. The summed E-state index contributed by atoms with van der Waals surface area (Å²) in [7, 11) is 0. The highest BCUT2D eigenvalue weighted by atomic mass is 16.5. The zero-order valence-electron chi connectivity index (χ0n) is 16.0. The molecule has 0 bridgehead atoms. The molecule has 1 unspecified atom stereocenters. The van der Waals surface area contributed by atoms with Crippen LogP contribution in [0.25, 0.3) is 5.70 Å². The van der Waals surface area contributed by atoms with Gasteiger partial charge in [-0.3, -0.25) is 0 Å². The van der Waals surface area contributed by atoms with E-state index >= 15 is 0 Å². The number of nitrogens with one attached hydrogen (secondary N) is 2. The zero-order chi connectivity index (χ0) is 19.9. The van der Waals surface area contributed by atoms with E-state index in [2.05, 4.69) is 10.6 Å². The number of urea groups is 1. The van der Waals surface area contributed by atoms with Crippen molar-refractivity contribution in [2.45, 2.75) is 26.3 Å². The number of benzene rings is 2. The third-order valence-corrected chi connectivity index (χ3v) is 4.29. The molecule has 3 rings (SSSR count). The molecule has 2 aromatic rings. The Morgan fingerprint density at radius 1 is 1.07 bits per heavy atom. The van der Waals surface area contributed by atoms with Crippen molar-refractivity contribution < 1.29 is 19.1 Å². The Balaban J connectivity index is 2.09. The SMILES string of the molecule is CCCOc1cccc(C2NC(=O)NC(c3ccccc3)=C2C(=O)OCC)c1. The second-order valence-electron chi connectivity index (χ2n) is 6.33. The third kappa shape index (κ3) is 4.34. The number of esters is 1. The standard InChI is InChI=1S/C22H24N2O4/c1-3-13-28-17-12-8-11-16(14-17)20-18(21(25)27-4-2)19(23-22(26)24-20)15-9-6-5-7-10-15/h5-12,14,20H,3-4,13H2,1-2H3,(H2,23,24,26). The first-order chi connectivity index (χ1) is 13.6. The van der Waals surface area contributed by atoms with Crippen molar-refractivity contribution in [3.63, 3.8) is 0 Å². The molecule has 146 valence electrons. The molecule has 0 aromatic heterocycles. The molecular weight excluding hydrogens is 356 g/mol. The smallest absolute Gasteiger partial charge is 0.338 e. The van der Waals surface area contributed by atoms with E-state index in [0.717, 1.165) is 17.5 Å². The summed E-state index contributed by atoms with van der Waals surface area (Å²) in [5, 5.41) is 5.61. The molecule has 2 aromatic carbocycles. The molecular formula is C22H24N2O4. The van der Waals surface area contributed by atoms with Crippen molar-refractivity contribution in [3.05, 3.63) is 71.3 Å². The van der Waals surface area contributed by atoms with Gasteiger partial charge in [-0.2, -0.15) is 0 Å². The summed E-state index contributed by atoms with van der Waals surface area (Å²) in [6, 6.07) is 15.7. The van der Waals surface area contributed by atoms with Gasteiger partial charge in [0.2, 0.25) is 0 Å². The molecule has 1 atom stereocenters. The van der Waals surface area contributed by atoms with Crippen LogP contribution in [0.4, 0.5) is 4.79 Å². The van der Waals surface area contributed by atoms with Gasteiger partial charge in [0.1, 0.15) is 5.75 Å². The van der Waals surface area contributed by atoms with E-state index in [0.29, 0.717) is 23.6 Å². The van der Waals surface area contributed by atoms with Crippen molar-refractivity contribution in [2.75, 3.05) is 13.2 Å². The van der Waals surface area contributed by atoms with E-state index in [4.69, 9.17) is 9.47 Å². The topological polar surface area (TPSA) is 76.7 Å². The van der Waals surface area contributed by atoms with Crippen LogP contribution in [0.1, 0.15) is 37.4 Å². The number of ether oxygens (including phenoxy) is 2. The summed E-state index contributed by atoms with van der Waals surface area (Å²) in [6.45, 7) is 4.62. The van der Waals surface area contributed by atoms with Crippen LogP contribution < -0.4 is 15.4 Å². The van der Waals surface area contributed by atoms with E-state index in [1.54, 1.807) is 6.92 Å². The molecule has 0 aliphatic carbocycles. The van der Waals surface area contributed by atoms with Crippen LogP contribution >= 0.6 is 0 Å². The fraction of sp³-hybridized carbons (Fsp3) is 0.273. The monoisotopic (exact) mass is 380 g/mol. The van der Waals surface area contributed by atoms with Gasteiger partial charge in [-0.25, -0.2) is 9.59 Å². The number of amides is 2. The maximum Gasteiger partial charge on any atom is 0.338 e. The Morgan fingerprint density at radius 3 is 2.57 bits per heavy atom. The van der Waals surface area contributed by atoms with Gasteiger partial charge < -0.3 is 20.1 Å². The first-order valence-electron chi connectivity index (χ1n) is 9.41. The third-order valence-electron chi connectivity index (χ3n) is 4.29. The molecule has 1 aliphatic heterocycles. The van der Waals surface area contributed by atoms with Crippen LogP contribution in [0.3, 0.4) is 0 Å². The second-order valence-corrected chi connectivity index (χ2v) is 6.33. The van der Waals surface area contributed by atoms with Gasteiger partial charge in [0.05, 0.1) is 30.5 Å². The molecule has 0 saturated carbocycles. The Bertz CT molecular complexity index is 877. The molecule has 0 saturated heterocycles. The maximum atomic E-state index is 12.8. The molecule has 1 heterocycles. The van der Waals surface area contributed by atoms with E-state index < -0.39 is 12.0 Å². The van der Waals surface area contributed by atoms with E-state index in [1.807, 2.05) is 61.5 Å². The van der Waals surface area contributed by atoms with E-state index in [-0.39, 0.29) is 12.6 Å². The van der Waals surface area contributed by atoms with E-state index in [1.165, 1.54) is 0 Å². The molecule has 0 spiro atoms. The van der Waals surface area contributed by atoms with Crippen LogP contribution in [0.2, 0.25) is 0 Å². The molecule has 2 N–H and O–H groups in total. The van der Waals surface area contributed by atoms with Crippen molar-refractivity contribution in [1.29, 1.82) is 0 Å². The number of carbonyl (C=O) groups excluding carboxylic acids is 2. The predicted molar refractivity (Wildman–Crippen MR) is 107 cm³/mol. The number of rotatable bonds is 7. The summed E-state index contributed by atoms with van der Waals surface area (Å²) in [5.74, 6) is 0.218. The van der Waals surface area contributed by atoms with Gasteiger partial charge in [-0.05, 0) is 36.6 Å².